The lowest BCUT2D eigenvalue weighted by molar-refractivity contribution is 0.0936. The zero-order chi connectivity index (χ0) is 26.1. The summed E-state index contributed by atoms with van der Waals surface area (Å²) in [5, 5.41) is 4.63. The number of aryl methyl sites for hydroxylation is 1. The number of carbonyl (C=O) groups is 2. The molecule has 1 amide bonds. The number of ketones is 1. The van der Waals surface area contributed by atoms with Crippen molar-refractivity contribution in [3.63, 3.8) is 0 Å². The van der Waals surface area contributed by atoms with E-state index in [9.17, 15) is 14.4 Å². The first kappa shape index (κ1) is 25.2. The Hall–Kier alpha value is -3.43. The largest absolute Gasteiger partial charge is 0.376 e. The Labute approximate surface area is 218 Å². The number of hydrogen-bond donors (Lipinski definition) is 2. The molecule has 1 atom stereocenters. The van der Waals surface area contributed by atoms with Gasteiger partial charge in [0, 0.05) is 40.4 Å². The van der Waals surface area contributed by atoms with E-state index < -0.39 is 0 Å². The van der Waals surface area contributed by atoms with Crippen LogP contribution in [-0.2, 0) is 11.3 Å². The maximum Gasteiger partial charge on any atom is 0.262 e. The summed E-state index contributed by atoms with van der Waals surface area (Å²) in [7, 11) is 0. The molecule has 0 aliphatic carbocycles. The van der Waals surface area contributed by atoms with E-state index in [4.69, 9.17) is 9.72 Å². The van der Waals surface area contributed by atoms with Gasteiger partial charge in [-0.05, 0) is 57.9 Å². The molecule has 8 nitrogen and oxygen atoms in total. The van der Waals surface area contributed by atoms with Crippen LogP contribution in [0.2, 0.25) is 0 Å². The molecule has 1 fully saturated rings. The average molecular weight is 519 g/mol. The van der Waals surface area contributed by atoms with Gasteiger partial charge >= 0.3 is 0 Å². The summed E-state index contributed by atoms with van der Waals surface area (Å²) < 4.78 is 7.41. The summed E-state index contributed by atoms with van der Waals surface area (Å²) in [5.74, 6) is -0.135. The van der Waals surface area contributed by atoms with Gasteiger partial charge in [0.25, 0.3) is 11.5 Å². The molecule has 37 heavy (non-hydrogen) atoms. The molecule has 1 saturated heterocycles. The van der Waals surface area contributed by atoms with Crippen LogP contribution in [0.15, 0.2) is 52.4 Å². The molecular weight excluding hydrogens is 488 g/mol. The zero-order valence-corrected chi connectivity index (χ0v) is 22.0. The van der Waals surface area contributed by atoms with Gasteiger partial charge in [-0.3, -0.25) is 19.0 Å². The minimum atomic E-state index is -0.221. The number of rotatable bonds is 8. The number of carbonyl (C=O) groups excluding carboxylic acids is 2. The number of para-hydroxylation sites is 1. The molecule has 192 valence electrons. The van der Waals surface area contributed by atoms with Crippen LogP contribution in [0.5, 0.6) is 0 Å². The SMILES string of the molecule is Cc1[nH]c2ccccc2c1C(=O)CSc1nc2cc(C(=O)NC(C)C)ccc2c(=O)n1CC1CCCO1. The molecular formula is C28H30N4O4S. The number of benzene rings is 2. The molecule has 3 heterocycles. The van der Waals surface area contributed by atoms with Crippen molar-refractivity contribution >= 4 is 45.3 Å². The second kappa shape index (κ2) is 10.5. The molecule has 9 heteroatoms. The summed E-state index contributed by atoms with van der Waals surface area (Å²) in [6, 6.07) is 12.7. The fourth-order valence-corrected chi connectivity index (χ4v) is 5.67. The van der Waals surface area contributed by atoms with E-state index in [2.05, 4.69) is 10.3 Å². The quantitative estimate of drug-likeness (QED) is 0.202. The topological polar surface area (TPSA) is 106 Å². The van der Waals surface area contributed by atoms with Crippen molar-refractivity contribution in [2.24, 2.45) is 0 Å². The fourth-order valence-electron chi connectivity index (χ4n) is 4.79. The van der Waals surface area contributed by atoms with Crippen molar-refractivity contribution in [2.75, 3.05) is 12.4 Å². The fraction of sp³-hybridized carbons (Fsp3) is 0.357. The predicted molar refractivity (Wildman–Crippen MR) is 146 cm³/mol. The van der Waals surface area contributed by atoms with Crippen molar-refractivity contribution in [3.8, 4) is 0 Å². The highest BCUT2D eigenvalue weighted by Gasteiger charge is 2.22. The molecule has 2 aromatic carbocycles. The van der Waals surface area contributed by atoms with E-state index in [0.717, 1.165) is 29.4 Å². The van der Waals surface area contributed by atoms with Gasteiger partial charge in [0.15, 0.2) is 10.9 Å². The number of ether oxygens (including phenoxy) is 1. The smallest absolute Gasteiger partial charge is 0.262 e. The molecule has 5 rings (SSSR count). The lowest BCUT2D eigenvalue weighted by Crippen LogP contribution is -2.31. The van der Waals surface area contributed by atoms with E-state index in [0.29, 0.717) is 40.3 Å². The van der Waals surface area contributed by atoms with Crippen LogP contribution in [0, 0.1) is 6.92 Å². The van der Waals surface area contributed by atoms with E-state index in [-0.39, 0.29) is 35.1 Å². The van der Waals surface area contributed by atoms with Crippen molar-refractivity contribution < 1.29 is 14.3 Å². The summed E-state index contributed by atoms with van der Waals surface area (Å²) in [5.41, 5.74) is 3.06. The Bertz CT molecular complexity index is 1550. The monoisotopic (exact) mass is 518 g/mol. The van der Waals surface area contributed by atoms with E-state index in [1.54, 1.807) is 22.8 Å². The third-order valence-corrected chi connectivity index (χ3v) is 7.49. The standard InChI is InChI=1S/C28H30N4O4S/c1-16(2)29-26(34)18-10-11-21-23(13-18)31-28(32(27(21)35)14-19-7-6-12-36-19)37-15-24(33)25-17(3)30-22-9-5-4-8-20(22)25/h4-5,8-11,13,16,19,30H,6-7,12,14-15H2,1-3H3,(H,29,34). The number of H-pyrrole nitrogens is 1. The number of thioether (sulfide) groups is 1. The minimum Gasteiger partial charge on any atom is -0.376 e. The highest BCUT2D eigenvalue weighted by atomic mass is 32.2. The van der Waals surface area contributed by atoms with Gasteiger partial charge in [-0.25, -0.2) is 4.98 Å². The van der Waals surface area contributed by atoms with Crippen LogP contribution in [0.25, 0.3) is 21.8 Å². The number of aromatic amines is 1. The Balaban J connectivity index is 1.50. The number of amides is 1. The maximum absolute atomic E-state index is 13.6. The number of hydrogen-bond acceptors (Lipinski definition) is 6. The number of aromatic nitrogens is 3. The predicted octanol–water partition coefficient (Wildman–Crippen LogP) is 4.48. The third kappa shape index (κ3) is 5.19. The van der Waals surface area contributed by atoms with Gasteiger partial charge in [-0.2, -0.15) is 0 Å². The molecule has 4 aromatic rings. The summed E-state index contributed by atoms with van der Waals surface area (Å²) in [4.78, 5) is 47.5. The summed E-state index contributed by atoms with van der Waals surface area (Å²) in [6.07, 6.45) is 1.75. The number of nitrogens with zero attached hydrogens (tertiary/aromatic N) is 2. The van der Waals surface area contributed by atoms with Gasteiger partial charge in [0.05, 0.1) is 29.3 Å². The van der Waals surface area contributed by atoms with Gasteiger partial charge < -0.3 is 15.0 Å². The molecule has 1 unspecified atom stereocenters. The van der Waals surface area contributed by atoms with Gasteiger partial charge in [0.2, 0.25) is 0 Å². The van der Waals surface area contributed by atoms with E-state index >= 15 is 0 Å². The number of Topliss-reactive ketones (excluding diaryl/α,β-unsaturated/α-hetero) is 1. The van der Waals surface area contributed by atoms with Crippen LogP contribution >= 0.6 is 11.8 Å². The zero-order valence-electron chi connectivity index (χ0n) is 21.2. The molecule has 2 N–H and O–H groups in total. The van der Waals surface area contributed by atoms with E-state index in [1.807, 2.05) is 45.0 Å². The first-order valence-corrected chi connectivity index (χ1v) is 13.5. The molecule has 0 bridgehead atoms. The van der Waals surface area contributed by atoms with E-state index in [1.165, 1.54) is 11.8 Å². The Morgan fingerprint density at radius 1 is 1.22 bits per heavy atom. The summed E-state index contributed by atoms with van der Waals surface area (Å²) in [6.45, 7) is 6.73. The molecule has 1 aliphatic heterocycles. The number of nitrogens with one attached hydrogen (secondary N) is 2. The highest BCUT2D eigenvalue weighted by molar-refractivity contribution is 7.99. The number of fused-ring (bicyclic) bond motifs is 2. The Morgan fingerprint density at radius 3 is 2.78 bits per heavy atom. The molecule has 0 spiro atoms. The molecule has 2 aromatic heterocycles. The Morgan fingerprint density at radius 2 is 2.03 bits per heavy atom. The lowest BCUT2D eigenvalue weighted by atomic mass is 10.1. The first-order valence-electron chi connectivity index (χ1n) is 12.5. The second-order valence-electron chi connectivity index (χ2n) is 9.69. The van der Waals surface area contributed by atoms with Crippen molar-refractivity contribution in [2.45, 2.75) is 57.5 Å². The van der Waals surface area contributed by atoms with Crippen LogP contribution in [-0.4, -0.2) is 50.7 Å². The van der Waals surface area contributed by atoms with Crippen molar-refractivity contribution in [1.82, 2.24) is 19.9 Å². The second-order valence-corrected chi connectivity index (χ2v) is 10.6. The van der Waals surface area contributed by atoms with Crippen molar-refractivity contribution in [1.29, 1.82) is 0 Å². The van der Waals surface area contributed by atoms with Crippen LogP contribution in [0.4, 0.5) is 0 Å². The minimum absolute atomic E-state index is 0.0133. The van der Waals surface area contributed by atoms with Gasteiger partial charge in [0.1, 0.15) is 0 Å². The van der Waals surface area contributed by atoms with Crippen LogP contribution in [0.1, 0.15) is 53.1 Å². The van der Waals surface area contributed by atoms with Gasteiger partial charge in [-0.1, -0.05) is 30.0 Å². The maximum atomic E-state index is 13.6. The van der Waals surface area contributed by atoms with Gasteiger partial charge in [-0.15, -0.1) is 0 Å². The average Bonchev–Trinajstić information content (AvgIpc) is 3.50. The highest BCUT2D eigenvalue weighted by Crippen LogP contribution is 2.26. The summed E-state index contributed by atoms with van der Waals surface area (Å²) >= 11 is 1.24. The molecule has 0 radical (unpaired) electrons. The first-order chi connectivity index (χ1) is 17.8. The normalized spacial score (nSPS) is 15.6. The van der Waals surface area contributed by atoms with Crippen LogP contribution < -0.4 is 10.9 Å². The third-order valence-electron chi connectivity index (χ3n) is 6.52. The molecule has 0 saturated carbocycles. The Kier molecular flexibility index (Phi) is 7.17. The lowest BCUT2D eigenvalue weighted by Gasteiger charge is -2.17. The molecule has 1 aliphatic rings. The van der Waals surface area contributed by atoms with Crippen molar-refractivity contribution in [3.05, 3.63) is 69.6 Å². The van der Waals surface area contributed by atoms with Crippen LogP contribution in [0.3, 0.4) is 0 Å².